The molecule has 98 valence electrons. The third-order valence-electron chi connectivity index (χ3n) is 2.57. The zero-order valence-corrected chi connectivity index (χ0v) is 10.5. The maximum absolute atomic E-state index is 13.1. The van der Waals surface area contributed by atoms with Gasteiger partial charge in [0.05, 0.1) is 19.5 Å². The minimum atomic E-state index is -0.549. The van der Waals surface area contributed by atoms with Crippen molar-refractivity contribution in [2.24, 2.45) is 0 Å². The van der Waals surface area contributed by atoms with E-state index in [1.54, 1.807) is 24.1 Å². The zero-order chi connectivity index (χ0) is 13.8. The predicted octanol–water partition coefficient (Wildman–Crippen LogP) is 2.17. The van der Waals surface area contributed by atoms with Crippen LogP contribution in [-0.4, -0.2) is 30.1 Å². The van der Waals surface area contributed by atoms with Crippen molar-refractivity contribution in [3.8, 4) is 0 Å². The number of hydrogen-bond acceptors (Lipinski definition) is 5. The Bertz CT molecular complexity index is 587. The van der Waals surface area contributed by atoms with E-state index in [9.17, 15) is 9.18 Å². The molecule has 5 nitrogen and oxygen atoms in total. The molecular formula is C13H12FN3O2. The van der Waals surface area contributed by atoms with Crippen LogP contribution in [0.5, 0.6) is 0 Å². The Kier molecular flexibility index (Phi) is 3.70. The van der Waals surface area contributed by atoms with Crippen molar-refractivity contribution in [1.29, 1.82) is 0 Å². The second kappa shape index (κ2) is 5.43. The Morgan fingerprint density at radius 2 is 2.11 bits per heavy atom. The fourth-order valence-corrected chi connectivity index (χ4v) is 1.52. The average Bonchev–Trinajstić information content (AvgIpc) is 2.46. The number of carbonyl (C=O) groups excluding carboxylic acids is 1. The van der Waals surface area contributed by atoms with Crippen molar-refractivity contribution in [2.75, 3.05) is 19.1 Å². The van der Waals surface area contributed by atoms with E-state index in [4.69, 9.17) is 0 Å². The van der Waals surface area contributed by atoms with Gasteiger partial charge in [-0.25, -0.2) is 19.2 Å². The molecule has 0 unspecified atom stereocenters. The number of benzene rings is 1. The Labute approximate surface area is 109 Å². The molecule has 0 saturated heterocycles. The molecule has 1 heterocycles. The van der Waals surface area contributed by atoms with Gasteiger partial charge in [0, 0.05) is 12.7 Å². The molecule has 6 heteroatoms. The Morgan fingerprint density at radius 1 is 1.32 bits per heavy atom. The molecule has 0 saturated carbocycles. The van der Waals surface area contributed by atoms with Crippen molar-refractivity contribution in [3.63, 3.8) is 0 Å². The van der Waals surface area contributed by atoms with E-state index >= 15 is 0 Å². The van der Waals surface area contributed by atoms with Gasteiger partial charge in [0.15, 0.2) is 11.5 Å². The molecule has 0 amide bonds. The number of aromatic nitrogens is 2. The largest absolute Gasteiger partial charge is 0.464 e. The molecule has 0 N–H and O–H groups in total. The van der Waals surface area contributed by atoms with Gasteiger partial charge in [0.1, 0.15) is 5.82 Å². The first kappa shape index (κ1) is 12.9. The lowest BCUT2D eigenvalue weighted by Crippen LogP contribution is -2.13. The van der Waals surface area contributed by atoms with Crippen LogP contribution in [0.4, 0.5) is 15.9 Å². The van der Waals surface area contributed by atoms with E-state index in [0.29, 0.717) is 11.5 Å². The third-order valence-corrected chi connectivity index (χ3v) is 2.57. The van der Waals surface area contributed by atoms with Gasteiger partial charge in [-0.05, 0) is 18.2 Å². The van der Waals surface area contributed by atoms with Crippen LogP contribution in [0.25, 0.3) is 0 Å². The summed E-state index contributed by atoms with van der Waals surface area (Å²) in [5.41, 5.74) is 0.763. The molecule has 19 heavy (non-hydrogen) atoms. The molecule has 2 rings (SSSR count). The highest BCUT2D eigenvalue weighted by molar-refractivity contribution is 5.86. The van der Waals surface area contributed by atoms with E-state index in [1.807, 2.05) is 0 Å². The van der Waals surface area contributed by atoms with Crippen LogP contribution in [0.3, 0.4) is 0 Å². The quantitative estimate of drug-likeness (QED) is 0.792. The molecule has 0 radical (unpaired) electrons. The summed E-state index contributed by atoms with van der Waals surface area (Å²) >= 11 is 0. The van der Waals surface area contributed by atoms with E-state index in [0.717, 1.165) is 0 Å². The molecule has 0 fully saturated rings. The van der Waals surface area contributed by atoms with Crippen molar-refractivity contribution >= 4 is 17.5 Å². The van der Waals surface area contributed by atoms with Gasteiger partial charge >= 0.3 is 5.97 Å². The van der Waals surface area contributed by atoms with Crippen molar-refractivity contribution in [3.05, 3.63) is 48.2 Å². The first-order valence-electron chi connectivity index (χ1n) is 5.51. The van der Waals surface area contributed by atoms with Gasteiger partial charge in [-0.2, -0.15) is 0 Å². The summed E-state index contributed by atoms with van der Waals surface area (Å²) in [6.45, 7) is 0. The molecule has 2 aromatic rings. The van der Waals surface area contributed by atoms with Gasteiger partial charge in [-0.3, -0.25) is 0 Å². The van der Waals surface area contributed by atoms with E-state index in [1.165, 1.54) is 31.6 Å². The number of ether oxygens (including phenoxy) is 1. The molecular weight excluding hydrogens is 249 g/mol. The summed E-state index contributed by atoms with van der Waals surface area (Å²) < 4.78 is 17.7. The van der Waals surface area contributed by atoms with Crippen molar-refractivity contribution in [2.45, 2.75) is 0 Å². The highest BCUT2D eigenvalue weighted by Crippen LogP contribution is 2.21. The second-order valence-corrected chi connectivity index (χ2v) is 3.79. The molecule has 1 aromatic heterocycles. The van der Waals surface area contributed by atoms with E-state index in [2.05, 4.69) is 14.7 Å². The van der Waals surface area contributed by atoms with E-state index < -0.39 is 5.97 Å². The average molecular weight is 261 g/mol. The fourth-order valence-electron chi connectivity index (χ4n) is 1.52. The lowest BCUT2D eigenvalue weighted by atomic mass is 10.3. The minimum Gasteiger partial charge on any atom is -0.464 e. The molecule has 0 spiro atoms. The molecule has 0 aliphatic carbocycles. The van der Waals surface area contributed by atoms with Crippen LogP contribution in [0, 0.1) is 5.82 Å². The summed E-state index contributed by atoms with van der Waals surface area (Å²) in [4.78, 5) is 20.9. The monoisotopic (exact) mass is 261 g/mol. The summed E-state index contributed by atoms with van der Waals surface area (Å²) in [5.74, 6) is -0.380. The van der Waals surface area contributed by atoms with Crippen LogP contribution in [0.15, 0.2) is 36.7 Å². The SMILES string of the molecule is COC(=O)c1cnc(N(C)c2cccc(F)c2)cn1. The van der Waals surface area contributed by atoms with Crippen molar-refractivity contribution in [1.82, 2.24) is 9.97 Å². The second-order valence-electron chi connectivity index (χ2n) is 3.79. The number of carbonyl (C=O) groups is 1. The Balaban J connectivity index is 2.25. The number of methoxy groups -OCH3 is 1. The van der Waals surface area contributed by atoms with Crippen LogP contribution in [0.2, 0.25) is 0 Å². The smallest absolute Gasteiger partial charge is 0.358 e. The minimum absolute atomic E-state index is 0.124. The van der Waals surface area contributed by atoms with Crippen LogP contribution >= 0.6 is 0 Å². The Hall–Kier alpha value is -2.50. The Morgan fingerprint density at radius 3 is 2.68 bits per heavy atom. The van der Waals surface area contributed by atoms with Crippen LogP contribution in [0.1, 0.15) is 10.5 Å². The van der Waals surface area contributed by atoms with Gasteiger partial charge in [0.2, 0.25) is 0 Å². The molecule has 0 bridgehead atoms. The standard InChI is InChI=1S/C13H12FN3O2/c1-17(10-5-3-4-9(14)6-10)12-8-15-11(7-16-12)13(18)19-2/h3-8H,1-2H3. The normalized spacial score (nSPS) is 10.1. The molecule has 1 aromatic carbocycles. The highest BCUT2D eigenvalue weighted by atomic mass is 19.1. The number of esters is 1. The summed E-state index contributed by atoms with van der Waals surface area (Å²) in [6.07, 6.45) is 2.74. The maximum atomic E-state index is 13.1. The van der Waals surface area contributed by atoms with Gasteiger partial charge in [0.25, 0.3) is 0 Å². The highest BCUT2D eigenvalue weighted by Gasteiger charge is 2.10. The number of nitrogens with zero attached hydrogens (tertiary/aromatic N) is 3. The lowest BCUT2D eigenvalue weighted by molar-refractivity contribution is 0.0593. The number of hydrogen-bond donors (Lipinski definition) is 0. The first-order valence-corrected chi connectivity index (χ1v) is 5.51. The molecule has 0 aliphatic rings. The first-order chi connectivity index (χ1) is 9.11. The fraction of sp³-hybridized carbons (Fsp3) is 0.154. The summed E-state index contributed by atoms with van der Waals surface area (Å²) in [6, 6.07) is 6.11. The lowest BCUT2D eigenvalue weighted by Gasteiger charge is -2.17. The van der Waals surface area contributed by atoms with Gasteiger partial charge in [-0.1, -0.05) is 6.07 Å². The van der Waals surface area contributed by atoms with Crippen LogP contribution in [-0.2, 0) is 4.74 Å². The summed E-state index contributed by atoms with van der Waals surface area (Å²) in [7, 11) is 3.01. The summed E-state index contributed by atoms with van der Waals surface area (Å²) in [5, 5.41) is 0. The van der Waals surface area contributed by atoms with E-state index in [-0.39, 0.29) is 11.5 Å². The zero-order valence-electron chi connectivity index (χ0n) is 10.5. The maximum Gasteiger partial charge on any atom is 0.358 e. The van der Waals surface area contributed by atoms with Gasteiger partial charge < -0.3 is 9.64 Å². The van der Waals surface area contributed by atoms with Crippen LogP contribution < -0.4 is 4.90 Å². The van der Waals surface area contributed by atoms with Crippen molar-refractivity contribution < 1.29 is 13.9 Å². The predicted molar refractivity (Wildman–Crippen MR) is 67.8 cm³/mol. The number of anilines is 2. The molecule has 0 atom stereocenters. The molecule has 0 aliphatic heterocycles. The number of rotatable bonds is 3. The number of halogens is 1. The third kappa shape index (κ3) is 2.85. The van der Waals surface area contributed by atoms with Gasteiger partial charge in [-0.15, -0.1) is 0 Å². The topological polar surface area (TPSA) is 55.3 Å².